The number of nitrogens with two attached hydrogens (primary N) is 1. The number of carboxylic acid groups (broad SMARTS) is 2. The monoisotopic (exact) mass is 166 g/mol. The molecule has 1 amide bonds. The molecule has 0 aliphatic carbocycles. The molecule has 0 aromatic carbocycles. The fourth-order valence-electron chi connectivity index (χ4n) is 0. The van der Waals surface area contributed by atoms with Gasteiger partial charge in [0.05, 0.1) is 0 Å². The van der Waals surface area contributed by atoms with Gasteiger partial charge in [0, 0.05) is 5.92 Å². The second kappa shape index (κ2) is 8.70. The zero-order valence-corrected chi connectivity index (χ0v) is 6.57. The van der Waals surface area contributed by atoms with Crippen LogP contribution >= 0.6 is 0 Å². The van der Waals surface area contributed by atoms with Crippen LogP contribution in [0.4, 0.5) is 4.79 Å². The van der Waals surface area contributed by atoms with Crippen LogP contribution in [0.2, 0.25) is 0 Å². The molecule has 7 N–H and O–H groups in total. The first kappa shape index (κ1) is 16.4. The lowest BCUT2D eigenvalue weighted by Crippen LogP contribution is -2.17. The highest BCUT2D eigenvalue weighted by Crippen LogP contribution is 1.84. The van der Waals surface area contributed by atoms with Crippen molar-refractivity contribution in [3.63, 3.8) is 0 Å². The van der Waals surface area contributed by atoms with Crippen molar-refractivity contribution < 1.29 is 19.8 Å². The van der Waals surface area contributed by atoms with Gasteiger partial charge in [-0.1, -0.05) is 13.8 Å². The summed E-state index contributed by atoms with van der Waals surface area (Å²) in [5, 5.41) is 13.9. The van der Waals surface area contributed by atoms with Gasteiger partial charge in [0.2, 0.25) is 5.91 Å². The van der Waals surface area contributed by atoms with E-state index >= 15 is 0 Å². The second-order valence-electron chi connectivity index (χ2n) is 1.84. The lowest BCUT2D eigenvalue weighted by Gasteiger charge is -1.90. The van der Waals surface area contributed by atoms with Gasteiger partial charge in [0.15, 0.2) is 0 Å². The maximum atomic E-state index is 9.92. The average Bonchev–Trinajstić information content (AvgIpc) is 1.63. The fourth-order valence-corrected chi connectivity index (χ4v) is 0. The van der Waals surface area contributed by atoms with Gasteiger partial charge >= 0.3 is 6.16 Å². The first-order chi connectivity index (χ1) is 4.37. The topological polar surface area (TPSA) is 136 Å². The highest BCUT2D eigenvalue weighted by molar-refractivity contribution is 5.75. The highest BCUT2D eigenvalue weighted by Gasteiger charge is 1.96. The van der Waals surface area contributed by atoms with Crippen molar-refractivity contribution in [2.45, 2.75) is 13.8 Å². The molecule has 11 heavy (non-hydrogen) atoms. The summed E-state index contributed by atoms with van der Waals surface area (Å²) < 4.78 is 0. The van der Waals surface area contributed by atoms with Gasteiger partial charge in [-0.15, -0.1) is 0 Å². The zero-order valence-electron chi connectivity index (χ0n) is 6.57. The molecule has 6 nitrogen and oxygen atoms in total. The first-order valence-corrected chi connectivity index (χ1v) is 2.59. The molecule has 0 rings (SSSR count). The van der Waals surface area contributed by atoms with Gasteiger partial charge in [-0.3, -0.25) is 4.79 Å². The maximum Gasteiger partial charge on any atom is 0.503 e. The molecule has 0 aromatic rings. The predicted octanol–water partition coefficient (Wildman–Crippen LogP) is 0.512. The number of hydrogen-bond donors (Lipinski definition) is 4. The largest absolute Gasteiger partial charge is 0.503 e. The molecule has 0 radical (unpaired) electrons. The zero-order chi connectivity index (χ0) is 8.73. The van der Waals surface area contributed by atoms with Crippen LogP contribution < -0.4 is 11.9 Å². The Morgan fingerprint density at radius 2 is 1.36 bits per heavy atom. The van der Waals surface area contributed by atoms with E-state index in [-0.39, 0.29) is 18.0 Å². The van der Waals surface area contributed by atoms with Crippen molar-refractivity contribution in [2.75, 3.05) is 0 Å². The van der Waals surface area contributed by atoms with Crippen LogP contribution in [0.5, 0.6) is 0 Å². The number of carbonyl (C=O) groups is 2. The van der Waals surface area contributed by atoms with Crippen molar-refractivity contribution in [3.05, 3.63) is 0 Å². The van der Waals surface area contributed by atoms with E-state index in [1.807, 2.05) is 0 Å². The molecule has 0 aliphatic rings. The molecular formula is C5H14N2O4. The Balaban J connectivity index is -0.000000114. The Morgan fingerprint density at radius 3 is 1.36 bits per heavy atom. The van der Waals surface area contributed by atoms with Crippen molar-refractivity contribution in [1.29, 1.82) is 0 Å². The van der Waals surface area contributed by atoms with E-state index < -0.39 is 6.16 Å². The van der Waals surface area contributed by atoms with Crippen LogP contribution in [0.25, 0.3) is 0 Å². The van der Waals surface area contributed by atoms with Crippen LogP contribution in [0.3, 0.4) is 0 Å². The van der Waals surface area contributed by atoms with Gasteiger partial charge < -0.3 is 22.1 Å². The number of rotatable bonds is 1. The van der Waals surface area contributed by atoms with E-state index in [2.05, 4.69) is 0 Å². The Labute approximate surface area is 64.6 Å². The standard InChI is InChI=1S/C4H9NO.CH2O3.H3N/c1-3(2)4(5)6;2-1(3)4;/h3H,1-2H3,(H2,5,6);(H2,2,3,4);1H3. The minimum absolute atomic E-state index is 0. The Bertz CT molecular complexity index is 120. The molecular weight excluding hydrogens is 152 g/mol. The van der Waals surface area contributed by atoms with Crippen molar-refractivity contribution in [3.8, 4) is 0 Å². The molecule has 68 valence electrons. The summed E-state index contributed by atoms with van der Waals surface area (Å²) in [5.41, 5.74) is 4.80. The minimum atomic E-state index is -1.83. The van der Waals surface area contributed by atoms with Gasteiger partial charge in [0.1, 0.15) is 0 Å². The van der Waals surface area contributed by atoms with Gasteiger partial charge in [-0.25, -0.2) is 4.79 Å². The van der Waals surface area contributed by atoms with E-state index in [1.54, 1.807) is 13.8 Å². The second-order valence-corrected chi connectivity index (χ2v) is 1.84. The first-order valence-electron chi connectivity index (χ1n) is 2.59. The molecule has 0 spiro atoms. The van der Waals surface area contributed by atoms with E-state index in [0.29, 0.717) is 0 Å². The number of hydrogen-bond acceptors (Lipinski definition) is 3. The SMILES string of the molecule is CC(C)C(N)=O.N.O=C(O)O. The summed E-state index contributed by atoms with van der Waals surface area (Å²) in [4.78, 5) is 18.5. The summed E-state index contributed by atoms with van der Waals surface area (Å²) in [6.45, 7) is 3.53. The number of primary amides is 1. The summed E-state index contributed by atoms with van der Waals surface area (Å²) in [5.74, 6) is -0.250. The van der Waals surface area contributed by atoms with Crippen molar-refractivity contribution >= 4 is 12.1 Å². The van der Waals surface area contributed by atoms with E-state index in [4.69, 9.17) is 20.7 Å². The Morgan fingerprint density at radius 1 is 1.27 bits per heavy atom. The lowest BCUT2D eigenvalue weighted by atomic mass is 10.2. The van der Waals surface area contributed by atoms with Gasteiger partial charge in [-0.05, 0) is 0 Å². The number of carbonyl (C=O) groups excluding carboxylic acids is 1. The molecule has 0 fully saturated rings. The van der Waals surface area contributed by atoms with Gasteiger partial charge in [-0.2, -0.15) is 0 Å². The van der Waals surface area contributed by atoms with Crippen LogP contribution in [-0.4, -0.2) is 22.3 Å². The third kappa shape index (κ3) is 53.6. The maximum absolute atomic E-state index is 9.92. The molecule has 0 unspecified atom stereocenters. The summed E-state index contributed by atoms with van der Waals surface area (Å²) in [6, 6.07) is 0. The third-order valence-corrected chi connectivity index (χ3v) is 0.569. The molecule has 0 atom stereocenters. The summed E-state index contributed by atoms with van der Waals surface area (Å²) in [6.07, 6.45) is -1.83. The van der Waals surface area contributed by atoms with Crippen LogP contribution in [0, 0.1) is 5.92 Å². The molecule has 0 heterocycles. The van der Waals surface area contributed by atoms with Crippen LogP contribution in [-0.2, 0) is 4.79 Å². The highest BCUT2D eigenvalue weighted by atomic mass is 16.6. The number of amides is 1. The molecule has 0 bridgehead atoms. The van der Waals surface area contributed by atoms with E-state index in [9.17, 15) is 4.79 Å². The molecule has 6 heteroatoms. The Kier molecular flexibility index (Phi) is 12.9. The molecule has 0 aliphatic heterocycles. The van der Waals surface area contributed by atoms with Crippen molar-refractivity contribution in [2.24, 2.45) is 11.7 Å². The smallest absolute Gasteiger partial charge is 0.450 e. The van der Waals surface area contributed by atoms with Crippen LogP contribution in [0.1, 0.15) is 13.8 Å². The van der Waals surface area contributed by atoms with Gasteiger partial charge in [0.25, 0.3) is 0 Å². The average molecular weight is 166 g/mol. The summed E-state index contributed by atoms with van der Waals surface area (Å²) in [7, 11) is 0. The van der Waals surface area contributed by atoms with E-state index in [0.717, 1.165) is 0 Å². The fraction of sp³-hybridized carbons (Fsp3) is 0.600. The minimum Gasteiger partial charge on any atom is -0.450 e. The van der Waals surface area contributed by atoms with E-state index in [1.165, 1.54) is 0 Å². The Hall–Kier alpha value is -1.30. The third-order valence-electron chi connectivity index (χ3n) is 0.569. The molecule has 0 saturated heterocycles. The lowest BCUT2D eigenvalue weighted by molar-refractivity contribution is -0.120. The van der Waals surface area contributed by atoms with Crippen molar-refractivity contribution in [1.82, 2.24) is 6.15 Å². The quantitative estimate of drug-likeness (QED) is 0.450. The summed E-state index contributed by atoms with van der Waals surface area (Å²) >= 11 is 0. The predicted molar refractivity (Wildman–Crippen MR) is 39.7 cm³/mol. The van der Waals surface area contributed by atoms with Crippen LogP contribution in [0.15, 0.2) is 0 Å². The molecule has 0 saturated carbocycles. The normalized spacial score (nSPS) is 7.18. The molecule has 0 aromatic heterocycles.